The molecule has 0 fully saturated rings. The van der Waals surface area contributed by atoms with Crippen LogP contribution in [-0.4, -0.2) is 36.0 Å². The Kier molecular flexibility index (Phi) is 3.26. The van der Waals surface area contributed by atoms with Gasteiger partial charge in [0.2, 0.25) is 0 Å². The molecule has 1 N–H and O–H groups in total. The van der Waals surface area contributed by atoms with E-state index < -0.39 is 0 Å². The Labute approximate surface area is 152 Å². The van der Waals surface area contributed by atoms with Crippen LogP contribution in [0.5, 0.6) is 5.75 Å². The van der Waals surface area contributed by atoms with Gasteiger partial charge in [0.25, 0.3) is 5.91 Å². The van der Waals surface area contributed by atoms with Crippen LogP contribution in [0.1, 0.15) is 34.7 Å². The fourth-order valence-electron chi connectivity index (χ4n) is 4.52. The van der Waals surface area contributed by atoms with Crippen LogP contribution in [0.15, 0.2) is 42.5 Å². The third-order valence-electron chi connectivity index (χ3n) is 5.65. The highest BCUT2D eigenvalue weighted by molar-refractivity contribution is 6.05. The summed E-state index contributed by atoms with van der Waals surface area (Å²) < 4.78 is 5.49. The summed E-state index contributed by atoms with van der Waals surface area (Å²) in [6, 6.07) is 14.2. The predicted molar refractivity (Wildman–Crippen MR) is 102 cm³/mol. The van der Waals surface area contributed by atoms with Crippen molar-refractivity contribution in [2.45, 2.75) is 19.5 Å². The lowest BCUT2D eigenvalue weighted by Gasteiger charge is -2.47. The molecule has 0 spiro atoms. The number of ether oxygens (including phenoxy) is 1. The Bertz CT molecular complexity index is 1020. The number of anilines is 1. The minimum atomic E-state index is -0.0942. The van der Waals surface area contributed by atoms with Crippen molar-refractivity contribution in [2.24, 2.45) is 0 Å². The summed E-state index contributed by atoms with van der Waals surface area (Å²) >= 11 is 0. The second-order valence-electron chi connectivity index (χ2n) is 6.83. The summed E-state index contributed by atoms with van der Waals surface area (Å²) in [5.74, 6) is 0.697. The number of nitrogens with zero attached hydrogens (tertiary/aromatic N) is 2. The number of benzene rings is 2. The van der Waals surface area contributed by atoms with Crippen LogP contribution in [0.2, 0.25) is 0 Å². The highest BCUT2D eigenvalue weighted by Gasteiger charge is 2.43. The van der Waals surface area contributed by atoms with E-state index in [0.717, 1.165) is 29.9 Å². The molecule has 1 amide bonds. The third-order valence-corrected chi connectivity index (χ3v) is 5.65. The molecule has 5 nitrogen and oxygen atoms in total. The van der Waals surface area contributed by atoms with Gasteiger partial charge in [0.05, 0.1) is 18.5 Å². The molecule has 2 aliphatic heterocycles. The van der Waals surface area contributed by atoms with Crippen LogP contribution >= 0.6 is 0 Å². The Morgan fingerprint density at radius 3 is 2.85 bits per heavy atom. The van der Waals surface area contributed by atoms with Crippen LogP contribution in [0.3, 0.4) is 0 Å². The number of nitrogens with one attached hydrogen (secondary N) is 1. The van der Waals surface area contributed by atoms with Gasteiger partial charge in [-0.2, -0.15) is 0 Å². The molecule has 1 aromatic heterocycles. The maximum atomic E-state index is 13.3. The van der Waals surface area contributed by atoms with E-state index in [1.807, 2.05) is 29.2 Å². The summed E-state index contributed by atoms with van der Waals surface area (Å²) in [6.45, 7) is 3.66. The van der Waals surface area contributed by atoms with Crippen molar-refractivity contribution in [1.29, 1.82) is 0 Å². The fourth-order valence-corrected chi connectivity index (χ4v) is 4.52. The molecule has 1 unspecified atom stereocenters. The summed E-state index contributed by atoms with van der Waals surface area (Å²) in [5.41, 5.74) is 5.23. The molecule has 5 heteroatoms. The van der Waals surface area contributed by atoms with Crippen molar-refractivity contribution < 1.29 is 9.53 Å². The van der Waals surface area contributed by atoms with Gasteiger partial charge in [-0.15, -0.1) is 0 Å². The first-order valence-corrected chi connectivity index (χ1v) is 9.08. The molecule has 5 rings (SSSR count). The summed E-state index contributed by atoms with van der Waals surface area (Å²) in [6.07, 6.45) is 0.770. The highest BCUT2D eigenvalue weighted by Crippen LogP contribution is 2.45. The van der Waals surface area contributed by atoms with Crippen molar-refractivity contribution in [3.05, 3.63) is 59.3 Å². The van der Waals surface area contributed by atoms with Gasteiger partial charge >= 0.3 is 0 Å². The van der Waals surface area contributed by atoms with Gasteiger partial charge in [-0.05, 0) is 37.1 Å². The number of rotatable bonds is 2. The predicted octanol–water partition coefficient (Wildman–Crippen LogP) is 3.71. The van der Waals surface area contributed by atoms with E-state index in [2.05, 4.69) is 35.0 Å². The van der Waals surface area contributed by atoms with Gasteiger partial charge in [-0.1, -0.05) is 24.3 Å². The SMILES string of the molecule is CCN1c2cccc(OC)c2C(=O)N2CCc3c([nH]c4ccccc34)C21. The first-order valence-electron chi connectivity index (χ1n) is 9.08. The first kappa shape index (κ1) is 15.3. The molecule has 2 aliphatic rings. The number of para-hydroxylation sites is 1. The zero-order valence-corrected chi connectivity index (χ0v) is 15.0. The molecular formula is C21H21N3O2. The van der Waals surface area contributed by atoms with Crippen LogP contribution < -0.4 is 9.64 Å². The van der Waals surface area contributed by atoms with Crippen LogP contribution in [-0.2, 0) is 6.42 Å². The van der Waals surface area contributed by atoms with Gasteiger partial charge < -0.3 is 19.5 Å². The van der Waals surface area contributed by atoms with E-state index in [9.17, 15) is 4.79 Å². The van der Waals surface area contributed by atoms with Crippen molar-refractivity contribution in [1.82, 2.24) is 9.88 Å². The number of H-pyrrole nitrogens is 1. The molecule has 0 bridgehead atoms. The molecule has 0 aliphatic carbocycles. The van der Waals surface area contributed by atoms with E-state index in [4.69, 9.17) is 4.74 Å². The molecule has 3 aromatic rings. The van der Waals surface area contributed by atoms with E-state index >= 15 is 0 Å². The Balaban J connectivity index is 1.75. The number of aromatic nitrogens is 1. The van der Waals surface area contributed by atoms with Crippen LogP contribution in [0, 0.1) is 0 Å². The molecule has 0 saturated carbocycles. The number of hydrogen-bond acceptors (Lipinski definition) is 3. The number of fused-ring (bicyclic) bond motifs is 6. The van der Waals surface area contributed by atoms with Gasteiger partial charge in [0, 0.05) is 24.0 Å². The van der Waals surface area contributed by atoms with E-state index in [0.29, 0.717) is 17.9 Å². The Morgan fingerprint density at radius 2 is 2.04 bits per heavy atom. The summed E-state index contributed by atoms with van der Waals surface area (Å²) in [4.78, 5) is 21.2. The smallest absolute Gasteiger partial charge is 0.261 e. The lowest BCUT2D eigenvalue weighted by Crippen LogP contribution is -2.52. The lowest BCUT2D eigenvalue weighted by atomic mass is 9.95. The normalized spacial score (nSPS) is 18.5. The standard InChI is InChI=1S/C21H21N3O2/c1-3-23-16-9-6-10-17(26-2)18(16)21(25)24-12-11-14-13-7-4-5-8-15(13)22-19(14)20(23)24/h4-10,20,22H,3,11-12H2,1-2H3. The number of carbonyl (C=O) groups excluding carboxylic acids is 1. The lowest BCUT2D eigenvalue weighted by molar-refractivity contribution is 0.0625. The fraction of sp³-hybridized carbons (Fsp3) is 0.286. The number of methoxy groups -OCH3 is 1. The van der Waals surface area contributed by atoms with Crippen LogP contribution in [0.4, 0.5) is 5.69 Å². The molecule has 26 heavy (non-hydrogen) atoms. The second kappa shape index (κ2) is 5.53. The maximum Gasteiger partial charge on any atom is 0.261 e. The van der Waals surface area contributed by atoms with Gasteiger partial charge in [-0.3, -0.25) is 4.79 Å². The largest absolute Gasteiger partial charge is 0.496 e. The quantitative estimate of drug-likeness (QED) is 0.769. The van der Waals surface area contributed by atoms with Crippen molar-refractivity contribution in [3.63, 3.8) is 0 Å². The highest BCUT2D eigenvalue weighted by atomic mass is 16.5. The van der Waals surface area contributed by atoms with Crippen molar-refractivity contribution in [3.8, 4) is 5.75 Å². The molecule has 132 valence electrons. The zero-order chi connectivity index (χ0) is 17.8. The van der Waals surface area contributed by atoms with E-state index in [1.165, 1.54) is 10.9 Å². The van der Waals surface area contributed by atoms with Crippen molar-refractivity contribution in [2.75, 3.05) is 25.1 Å². The summed E-state index contributed by atoms with van der Waals surface area (Å²) in [7, 11) is 1.62. The topological polar surface area (TPSA) is 48.6 Å². The number of carbonyl (C=O) groups is 1. The minimum absolute atomic E-state index is 0.0523. The Hall–Kier alpha value is -2.95. The van der Waals surface area contributed by atoms with Gasteiger partial charge in [0.1, 0.15) is 17.5 Å². The number of aromatic amines is 1. The van der Waals surface area contributed by atoms with Crippen LogP contribution in [0.25, 0.3) is 10.9 Å². The third kappa shape index (κ3) is 1.88. The van der Waals surface area contributed by atoms with E-state index in [-0.39, 0.29) is 12.1 Å². The van der Waals surface area contributed by atoms with E-state index in [1.54, 1.807) is 7.11 Å². The number of amides is 1. The summed E-state index contributed by atoms with van der Waals surface area (Å²) in [5, 5.41) is 1.27. The Morgan fingerprint density at radius 1 is 1.19 bits per heavy atom. The molecule has 2 aromatic carbocycles. The average Bonchev–Trinajstić information content (AvgIpc) is 3.06. The maximum absolute atomic E-state index is 13.3. The van der Waals surface area contributed by atoms with Crippen molar-refractivity contribution >= 4 is 22.5 Å². The zero-order valence-electron chi connectivity index (χ0n) is 15.0. The second-order valence-corrected chi connectivity index (χ2v) is 6.83. The average molecular weight is 347 g/mol. The molecular weight excluding hydrogens is 326 g/mol. The molecule has 3 heterocycles. The molecule has 0 saturated heterocycles. The first-order chi connectivity index (χ1) is 12.7. The van der Waals surface area contributed by atoms with Gasteiger partial charge in [0.15, 0.2) is 0 Å². The number of hydrogen-bond donors (Lipinski definition) is 1. The minimum Gasteiger partial charge on any atom is -0.496 e. The molecule has 0 radical (unpaired) electrons. The van der Waals surface area contributed by atoms with Gasteiger partial charge in [-0.25, -0.2) is 0 Å². The monoisotopic (exact) mass is 347 g/mol. The molecule has 1 atom stereocenters.